The summed E-state index contributed by atoms with van der Waals surface area (Å²) in [6.07, 6.45) is 2.80. The number of carbonyl (C=O) groups excluding carboxylic acids is 1. The van der Waals surface area contributed by atoms with Crippen LogP contribution in [0.25, 0.3) is 0 Å². The highest BCUT2D eigenvalue weighted by molar-refractivity contribution is 7.93. The molecule has 7 nitrogen and oxygen atoms in total. The topological polar surface area (TPSA) is 82.6 Å². The van der Waals surface area contributed by atoms with Gasteiger partial charge in [-0.3, -0.25) is 9.52 Å². The molecule has 1 amide bonds. The van der Waals surface area contributed by atoms with Crippen molar-refractivity contribution in [3.05, 3.63) is 63.9 Å². The van der Waals surface area contributed by atoms with E-state index in [2.05, 4.69) is 9.71 Å². The molecule has 2 aliphatic heterocycles. The Balaban J connectivity index is 1.33. The van der Waals surface area contributed by atoms with Crippen LogP contribution in [0.4, 0.5) is 20.9 Å². The van der Waals surface area contributed by atoms with E-state index in [4.69, 9.17) is 11.6 Å². The highest BCUT2D eigenvalue weighted by atomic mass is 35.5. The molecule has 5 rings (SSSR count). The lowest BCUT2D eigenvalue weighted by atomic mass is 10.1. The van der Waals surface area contributed by atoms with Crippen LogP contribution in [0.2, 0.25) is 5.02 Å². The van der Waals surface area contributed by atoms with E-state index >= 15 is 0 Å². The number of amides is 1. The van der Waals surface area contributed by atoms with Crippen LogP contribution in [0.15, 0.2) is 47.5 Å². The average Bonchev–Trinajstić information content (AvgIpc) is 3.49. The highest BCUT2D eigenvalue weighted by Gasteiger charge is 2.39. The van der Waals surface area contributed by atoms with Gasteiger partial charge in [0.2, 0.25) is 5.91 Å². The summed E-state index contributed by atoms with van der Waals surface area (Å²) in [5, 5.41) is 0.427. The summed E-state index contributed by atoms with van der Waals surface area (Å²) in [7, 11) is -3.78. The molecule has 1 saturated heterocycles. The summed E-state index contributed by atoms with van der Waals surface area (Å²) in [5.74, 6) is -0.526. The van der Waals surface area contributed by atoms with Crippen molar-refractivity contribution in [2.75, 3.05) is 27.6 Å². The number of aromatic nitrogens is 1. The quantitative estimate of drug-likeness (QED) is 0.560. The van der Waals surface area contributed by atoms with Crippen molar-refractivity contribution < 1.29 is 17.6 Å². The maximum absolute atomic E-state index is 13.8. The normalized spacial score (nSPS) is 18.2. The number of nitrogens with zero attached hydrogens (tertiary/aromatic N) is 3. The molecule has 1 fully saturated rings. The summed E-state index contributed by atoms with van der Waals surface area (Å²) in [6, 6.07) is 8.86. The third kappa shape index (κ3) is 3.96. The zero-order valence-electron chi connectivity index (χ0n) is 17.6. The largest absolute Gasteiger partial charge is 0.359 e. The first-order valence-corrected chi connectivity index (χ1v) is 13.0. The van der Waals surface area contributed by atoms with Gasteiger partial charge in [0.1, 0.15) is 11.9 Å². The van der Waals surface area contributed by atoms with Crippen LogP contribution in [0.3, 0.4) is 0 Å². The van der Waals surface area contributed by atoms with Gasteiger partial charge in [-0.1, -0.05) is 11.6 Å². The van der Waals surface area contributed by atoms with E-state index in [-0.39, 0.29) is 21.9 Å². The van der Waals surface area contributed by atoms with E-state index in [1.807, 2.05) is 11.8 Å². The molecular weight excluding hydrogens is 487 g/mol. The number of carbonyl (C=O) groups is 1. The maximum Gasteiger partial charge on any atom is 0.263 e. The van der Waals surface area contributed by atoms with Crippen molar-refractivity contribution in [3.63, 3.8) is 0 Å². The Labute approximate surface area is 199 Å². The predicted octanol–water partition coefficient (Wildman–Crippen LogP) is 4.21. The van der Waals surface area contributed by atoms with Crippen molar-refractivity contribution >= 4 is 55.4 Å². The Morgan fingerprint density at radius 2 is 1.94 bits per heavy atom. The van der Waals surface area contributed by atoms with E-state index in [1.54, 1.807) is 29.3 Å². The Morgan fingerprint density at radius 3 is 2.64 bits per heavy atom. The van der Waals surface area contributed by atoms with Crippen LogP contribution < -0.4 is 14.5 Å². The molecule has 1 unspecified atom stereocenters. The fourth-order valence-electron chi connectivity index (χ4n) is 4.36. The first-order valence-electron chi connectivity index (χ1n) is 10.3. The van der Waals surface area contributed by atoms with Gasteiger partial charge in [-0.05, 0) is 61.7 Å². The molecule has 2 aliphatic rings. The first-order chi connectivity index (χ1) is 15.7. The number of anilines is 3. The molecule has 0 saturated carbocycles. The minimum Gasteiger partial charge on any atom is -0.359 e. The van der Waals surface area contributed by atoms with Crippen LogP contribution in [-0.2, 0) is 21.2 Å². The van der Waals surface area contributed by atoms with E-state index in [0.717, 1.165) is 16.1 Å². The number of aryl methyl sites for hydroxylation is 1. The van der Waals surface area contributed by atoms with Crippen molar-refractivity contribution in [1.29, 1.82) is 0 Å². The minimum atomic E-state index is -3.78. The Morgan fingerprint density at radius 1 is 1.18 bits per heavy atom. The average molecular weight is 507 g/mol. The molecule has 1 aromatic heterocycles. The molecular formula is C22H20ClFN4O3S2. The van der Waals surface area contributed by atoms with Crippen LogP contribution >= 0.6 is 22.9 Å². The second kappa shape index (κ2) is 8.27. The first kappa shape index (κ1) is 22.1. The third-order valence-electron chi connectivity index (χ3n) is 5.94. The predicted molar refractivity (Wildman–Crippen MR) is 127 cm³/mol. The number of benzene rings is 2. The van der Waals surface area contributed by atoms with Gasteiger partial charge in [-0.2, -0.15) is 0 Å². The Kier molecular flexibility index (Phi) is 5.54. The number of sulfonamides is 1. The second-order valence-corrected chi connectivity index (χ2v) is 11.3. The molecule has 3 aromatic rings. The maximum atomic E-state index is 13.8. The van der Waals surface area contributed by atoms with E-state index < -0.39 is 15.8 Å². The lowest BCUT2D eigenvalue weighted by molar-refractivity contribution is -0.118. The van der Waals surface area contributed by atoms with Crippen LogP contribution in [-0.4, -0.2) is 38.4 Å². The number of nitrogens with one attached hydrogen (secondary N) is 1. The van der Waals surface area contributed by atoms with Gasteiger partial charge in [-0.25, -0.2) is 17.8 Å². The molecule has 11 heteroatoms. The molecule has 3 heterocycles. The van der Waals surface area contributed by atoms with Crippen LogP contribution in [0, 0.1) is 12.7 Å². The van der Waals surface area contributed by atoms with Crippen molar-refractivity contribution in [3.8, 4) is 0 Å². The molecule has 0 radical (unpaired) electrons. The molecule has 2 aromatic carbocycles. The van der Waals surface area contributed by atoms with Crippen molar-refractivity contribution in [1.82, 2.24) is 4.98 Å². The molecule has 1 atom stereocenters. The SMILES string of the molecule is Cc1cnc(NS(=O)(=O)c2ccc(N3CCC(N4CCc5c4ccc(F)c5Cl)C3=O)cc2)s1. The summed E-state index contributed by atoms with van der Waals surface area (Å²) in [6.45, 7) is 2.95. The third-order valence-corrected chi connectivity index (χ3v) is 8.66. The monoisotopic (exact) mass is 506 g/mol. The molecule has 0 aliphatic carbocycles. The lowest BCUT2D eigenvalue weighted by Crippen LogP contribution is -2.41. The zero-order chi connectivity index (χ0) is 23.3. The minimum absolute atomic E-state index is 0.0738. The Hall–Kier alpha value is -2.69. The number of thiazole rings is 1. The van der Waals surface area contributed by atoms with Gasteiger partial charge in [0.25, 0.3) is 10.0 Å². The van der Waals surface area contributed by atoms with E-state index in [9.17, 15) is 17.6 Å². The smallest absolute Gasteiger partial charge is 0.263 e. The van der Waals surface area contributed by atoms with Gasteiger partial charge in [0, 0.05) is 35.5 Å². The number of hydrogen-bond donors (Lipinski definition) is 1. The fourth-order valence-corrected chi connectivity index (χ4v) is 6.52. The van der Waals surface area contributed by atoms with Gasteiger partial charge < -0.3 is 9.80 Å². The molecule has 33 heavy (non-hydrogen) atoms. The molecule has 1 N–H and O–H groups in total. The van der Waals surface area contributed by atoms with Crippen molar-refractivity contribution in [2.24, 2.45) is 0 Å². The van der Waals surface area contributed by atoms with Crippen LogP contribution in [0.1, 0.15) is 16.9 Å². The fraction of sp³-hybridized carbons (Fsp3) is 0.273. The number of rotatable bonds is 5. The summed E-state index contributed by atoms with van der Waals surface area (Å²) < 4.78 is 41.5. The Bertz CT molecular complexity index is 1340. The number of hydrogen-bond acceptors (Lipinski definition) is 6. The number of halogens is 2. The lowest BCUT2D eigenvalue weighted by Gasteiger charge is -2.26. The van der Waals surface area contributed by atoms with E-state index in [1.165, 1.54) is 29.5 Å². The second-order valence-electron chi connectivity index (χ2n) is 7.97. The molecule has 0 bridgehead atoms. The standard InChI is InChI=1S/C22H20ClFN4O3S2/c1-13-12-25-22(32-13)26-33(30,31)15-4-2-14(3-5-15)27-11-9-19(21(27)29)28-10-8-16-18(28)7-6-17(24)20(16)23/h2-7,12,19H,8-11H2,1H3,(H,25,26). The van der Waals surface area contributed by atoms with Gasteiger partial charge in [-0.15, -0.1) is 11.3 Å². The molecule has 0 spiro atoms. The van der Waals surface area contributed by atoms with Gasteiger partial charge in [0.05, 0.1) is 9.92 Å². The van der Waals surface area contributed by atoms with Crippen molar-refractivity contribution in [2.45, 2.75) is 30.7 Å². The highest BCUT2D eigenvalue weighted by Crippen LogP contribution is 2.38. The van der Waals surface area contributed by atoms with E-state index in [0.29, 0.717) is 36.8 Å². The summed E-state index contributed by atoms with van der Waals surface area (Å²) >= 11 is 7.38. The summed E-state index contributed by atoms with van der Waals surface area (Å²) in [4.78, 5) is 21.9. The van der Waals surface area contributed by atoms with Gasteiger partial charge in [0.15, 0.2) is 5.13 Å². The van der Waals surface area contributed by atoms with Crippen LogP contribution in [0.5, 0.6) is 0 Å². The zero-order valence-corrected chi connectivity index (χ0v) is 20.0. The number of fused-ring (bicyclic) bond motifs is 1. The summed E-state index contributed by atoms with van der Waals surface area (Å²) in [5.41, 5.74) is 2.16. The van der Waals surface area contributed by atoms with Gasteiger partial charge >= 0.3 is 0 Å². The molecule has 172 valence electrons.